The highest BCUT2D eigenvalue weighted by atomic mass is 32.1. The molecular weight excluding hydrogens is 413 g/mol. The molecule has 5 rings (SSSR count). The lowest BCUT2D eigenvalue weighted by atomic mass is 9.96. The third kappa shape index (κ3) is 3.17. The van der Waals surface area contributed by atoms with Gasteiger partial charge in [-0.1, -0.05) is 18.2 Å². The molecule has 2 atom stereocenters. The molecule has 0 unspecified atom stereocenters. The number of halogens is 1. The summed E-state index contributed by atoms with van der Waals surface area (Å²) >= 11 is 5.69. The van der Waals surface area contributed by atoms with Gasteiger partial charge in [-0.2, -0.15) is 0 Å². The smallest absolute Gasteiger partial charge is 0.174 e. The predicted octanol–water partition coefficient (Wildman–Crippen LogP) is 3.72. The maximum atomic E-state index is 14.9. The molecule has 31 heavy (non-hydrogen) atoms. The summed E-state index contributed by atoms with van der Waals surface area (Å²) in [6.45, 7) is 4.04. The van der Waals surface area contributed by atoms with Crippen LogP contribution in [-0.2, 0) is 0 Å². The minimum Gasteiger partial charge on any atom is -0.351 e. The molecule has 1 aliphatic rings. The van der Waals surface area contributed by atoms with E-state index in [1.807, 2.05) is 52.4 Å². The molecule has 1 aromatic carbocycles. The number of hydrogen-bond donors (Lipinski definition) is 1. The minimum atomic E-state index is -0.328. The van der Waals surface area contributed by atoms with Crippen LogP contribution in [0.5, 0.6) is 0 Å². The first-order chi connectivity index (χ1) is 15.1. The number of pyridine rings is 1. The quantitative estimate of drug-likeness (QED) is 0.495. The topological polar surface area (TPSA) is 63.8 Å². The number of nitrogens with zero attached hydrogens (tertiary/aromatic N) is 6. The molecule has 1 N–H and O–H groups in total. The molecule has 0 saturated carbocycles. The van der Waals surface area contributed by atoms with Crippen molar-refractivity contribution in [1.29, 1.82) is 0 Å². The van der Waals surface area contributed by atoms with Crippen LogP contribution in [0, 0.1) is 19.7 Å². The van der Waals surface area contributed by atoms with Gasteiger partial charge >= 0.3 is 0 Å². The van der Waals surface area contributed by atoms with Crippen LogP contribution in [0.15, 0.2) is 67.4 Å². The molecule has 0 radical (unpaired) electrons. The van der Waals surface area contributed by atoms with Gasteiger partial charge in [0.05, 0.1) is 23.5 Å². The molecule has 0 bridgehead atoms. The maximum Gasteiger partial charge on any atom is 0.174 e. The van der Waals surface area contributed by atoms with Crippen molar-refractivity contribution in [2.75, 3.05) is 4.90 Å². The molecule has 0 amide bonds. The molecule has 156 valence electrons. The Hall–Kier alpha value is -3.59. The van der Waals surface area contributed by atoms with Gasteiger partial charge in [-0.05, 0) is 56.4 Å². The predicted molar refractivity (Wildman–Crippen MR) is 119 cm³/mol. The molecule has 4 heterocycles. The number of aromatic nitrogens is 5. The third-order valence-corrected chi connectivity index (χ3v) is 5.91. The Morgan fingerprint density at radius 3 is 2.48 bits per heavy atom. The van der Waals surface area contributed by atoms with E-state index < -0.39 is 0 Å². The zero-order valence-electron chi connectivity index (χ0n) is 17.0. The number of anilines is 1. The van der Waals surface area contributed by atoms with Crippen molar-refractivity contribution in [3.63, 3.8) is 0 Å². The van der Waals surface area contributed by atoms with E-state index in [0.717, 1.165) is 22.6 Å². The van der Waals surface area contributed by atoms with Crippen LogP contribution in [0.2, 0.25) is 0 Å². The van der Waals surface area contributed by atoms with Crippen LogP contribution < -0.4 is 10.2 Å². The highest BCUT2D eigenvalue weighted by Gasteiger charge is 2.43. The fourth-order valence-electron chi connectivity index (χ4n) is 4.31. The lowest BCUT2D eigenvalue weighted by Crippen LogP contribution is -2.30. The standard InChI is InChI=1S/C22H20FN7S/c1-14-11-16(15(2)30(14)28-12-25-26-13-28)21-20(18-8-5-6-10-24-18)27-22(31)29(21)19-9-4-3-7-17(19)23/h3-13,20-21H,1-2H3,(H,27,31)/t20-,21+/m1/s1. The molecule has 1 fully saturated rings. The number of thiocarbonyl (C=S) groups is 1. The Kier molecular flexibility index (Phi) is 4.74. The van der Waals surface area contributed by atoms with Gasteiger partial charge in [0, 0.05) is 23.1 Å². The Bertz CT molecular complexity index is 1240. The van der Waals surface area contributed by atoms with Gasteiger partial charge in [0.2, 0.25) is 0 Å². The van der Waals surface area contributed by atoms with Gasteiger partial charge < -0.3 is 10.2 Å². The van der Waals surface area contributed by atoms with Gasteiger partial charge in [0.15, 0.2) is 5.11 Å². The number of hydrogen-bond acceptors (Lipinski definition) is 4. The summed E-state index contributed by atoms with van der Waals surface area (Å²) in [5.74, 6) is -0.328. The fourth-order valence-corrected chi connectivity index (χ4v) is 4.65. The first kappa shape index (κ1) is 19.4. The summed E-state index contributed by atoms with van der Waals surface area (Å²) in [5.41, 5.74) is 4.26. The average Bonchev–Trinajstić information content (AvgIpc) is 3.47. The Morgan fingerprint density at radius 2 is 1.77 bits per heavy atom. The largest absolute Gasteiger partial charge is 0.351 e. The van der Waals surface area contributed by atoms with E-state index in [1.165, 1.54) is 6.07 Å². The summed E-state index contributed by atoms with van der Waals surface area (Å²) in [7, 11) is 0. The highest BCUT2D eigenvalue weighted by Crippen LogP contribution is 2.43. The van der Waals surface area contributed by atoms with E-state index in [1.54, 1.807) is 31.0 Å². The summed E-state index contributed by atoms with van der Waals surface area (Å²) in [5, 5.41) is 11.7. The molecule has 1 saturated heterocycles. The summed E-state index contributed by atoms with van der Waals surface area (Å²) in [6.07, 6.45) is 5.04. The van der Waals surface area contributed by atoms with Crippen molar-refractivity contribution in [1.82, 2.24) is 29.9 Å². The van der Waals surface area contributed by atoms with Crippen LogP contribution in [0.25, 0.3) is 0 Å². The van der Waals surface area contributed by atoms with E-state index in [-0.39, 0.29) is 17.9 Å². The average molecular weight is 434 g/mol. The van der Waals surface area contributed by atoms with E-state index in [9.17, 15) is 4.39 Å². The Labute approximate surface area is 184 Å². The number of para-hydroxylation sites is 1. The third-order valence-electron chi connectivity index (χ3n) is 5.60. The van der Waals surface area contributed by atoms with Crippen LogP contribution in [0.4, 0.5) is 10.1 Å². The van der Waals surface area contributed by atoms with E-state index in [4.69, 9.17) is 12.2 Å². The van der Waals surface area contributed by atoms with Gasteiger partial charge in [-0.15, -0.1) is 10.2 Å². The Balaban J connectivity index is 1.70. The van der Waals surface area contributed by atoms with E-state index in [0.29, 0.717) is 10.8 Å². The zero-order chi connectivity index (χ0) is 21.5. The minimum absolute atomic E-state index is 0.247. The van der Waals surface area contributed by atoms with Crippen molar-refractivity contribution in [2.24, 2.45) is 0 Å². The summed E-state index contributed by atoms with van der Waals surface area (Å²) < 4.78 is 18.7. The Morgan fingerprint density at radius 1 is 1.03 bits per heavy atom. The summed E-state index contributed by atoms with van der Waals surface area (Å²) in [6, 6.07) is 14.0. The van der Waals surface area contributed by atoms with E-state index >= 15 is 0 Å². The normalized spacial score (nSPS) is 18.4. The lowest BCUT2D eigenvalue weighted by Gasteiger charge is -2.28. The highest BCUT2D eigenvalue weighted by molar-refractivity contribution is 7.80. The molecule has 3 aromatic heterocycles. The number of aryl methyl sites for hydroxylation is 1. The number of benzene rings is 1. The zero-order valence-corrected chi connectivity index (χ0v) is 17.8. The molecular formula is C22H20FN7S. The maximum absolute atomic E-state index is 14.9. The molecule has 0 spiro atoms. The molecule has 7 nitrogen and oxygen atoms in total. The molecule has 1 aliphatic heterocycles. The molecule has 9 heteroatoms. The van der Waals surface area contributed by atoms with E-state index in [2.05, 4.69) is 26.6 Å². The molecule has 4 aromatic rings. The first-order valence-electron chi connectivity index (χ1n) is 9.85. The lowest BCUT2D eigenvalue weighted by molar-refractivity contribution is 0.550. The second-order valence-corrected chi connectivity index (χ2v) is 7.81. The SMILES string of the molecule is Cc1cc([C@H]2[C@@H](c3ccccn3)NC(=S)N2c2ccccc2F)c(C)n1-n1cnnc1. The number of nitrogens with one attached hydrogen (secondary N) is 1. The van der Waals surface area contributed by atoms with Crippen molar-refractivity contribution in [3.8, 4) is 0 Å². The van der Waals surface area contributed by atoms with Gasteiger partial charge in [0.1, 0.15) is 18.5 Å². The van der Waals surface area contributed by atoms with Crippen molar-refractivity contribution < 1.29 is 4.39 Å². The van der Waals surface area contributed by atoms with Crippen LogP contribution in [0.3, 0.4) is 0 Å². The second kappa shape index (κ2) is 7.59. The van der Waals surface area contributed by atoms with Gasteiger partial charge in [-0.25, -0.2) is 9.07 Å². The first-order valence-corrected chi connectivity index (χ1v) is 10.3. The van der Waals surface area contributed by atoms with Crippen LogP contribution in [0.1, 0.15) is 34.7 Å². The monoisotopic (exact) mass is 433 g/mol. The second-order valence-electron chi connectivity index (χ2n) is 7.43. The fraction of sp³-hybridized carbons (Fsp3) is 0.182. The van der Waals surface area contributed by atoms with Crippen molar-refractivity contribution in [3.05, 3.63) is 95.8 Å². The number of rotatable bonds is 4. The van der Waals surface area contributed by atoms with Crippen molar-refractivity contribution in [2.45, 2.75) is 25.9 Å². The summed E-state index contributed by atoms with van der Waals surface area (Å²) in [4.78, 5) is 6.41. The molecule has 0 aliphatic carbocycles. The van der Waals surface area contributed by atoms with Crippen molar-refractivity contribution >= 4 is 23.0 Å². The van der Waals surface area contributed by atoms with Gasteiger partial charge in [-0.3, -0.25) is 9.66 Å². The van der Waals surface area contributed by atoms with Crippen LogP contribution in [-0.4, -0.2) is 29.6 Å². The van der Waals surface area contributed by atoms with Gasteiger partial charge in [0.25, 0.3) is 0 Å². The van der Waals surface area contributed by atoms with Crippen LogP contribution >= 0.6 is 12.2 Å².